The SMILES string of the molecule is CC(CC(=O)O)C(N)c1csc2ccccc12. The highest BCUT2D eigenvalue weighted by atomic mass is 32.1. The highest BCUT2D eigenvalue weighted by molar-refractivity contribution is 7.17. The molecule has 1 aromatic carbocycles. The van der Waals surface area contributed by atoms with Crippen LogP contribution in [0.15, 0.2) is 29.6 Å². The molecule has 0 amide bonds. The number of hydrogen-bond donors (Lipinski definition) is 2. The van der Waals surface area contributed by atoms with Crippen LogP contribution in [0.3, 0.4) is 0 Å². The molecule has 4 heteroatoms. The minimum absolute atomic E-state index is 0.0643. The van der Waals surface area contributed by atoms with Crippen LogP contribution in [0, 0.1) is 5.92 Å². The molecule has 2 unspecified atom stereocenters. The Morgan fingerprint density at radius 1 is 1.47 bits per heavy atom. The molecule has 2 aromatic rings. The van der Waals surface area contributed by atoms with Crippen LogP contribution in [0.25, 0.3) is 10.1 Å². The first-order valence-corrected chi connectivity index (χ1v) is 6.41. The van der Waals surface area contributed by atoms with Crippen LogP contribution in [0.5, 0.6) is 0 Å². The number of nitrogens with two attached hydrogens (primary N) is 1. The summed E-state index contributed by atoms with van der Waals surface area (Å²) in [6.45, 7) is 1.88. The monoisotopic (exact) mass is 249 g/mol. The molecule has 0 aliphatic carbocycles. The zero-order chi connectivity index (χ0) is 12.4. The summed E-state index contributed by atoms with van der Waals surface area (Å²) < 4.78 is 1.19. The summed E-state index contributed by atoms with van der Waals surface area (Å²) in [5.74, 6) is -0.863. The molecule has 1 aromatic heterocycles. The first-order valence-electron chi connectivity index (χ1n) is 5.53. The fourth-order valence-electron chi connectivity index (χ4n) is 1.97. The van der Waals surface area contributed by atoms with Crippen molar-refractivity contribution in [3.05, 3.63) is 35.2 Å². The molecule has 0 spiro atoms. The Bertz CT molecular complexity index is 535. The van der Waals surface area contributed by atoms with Crippen LogP contribution in [-0.2, 0) is 4.79 Å². The molecule has 2 rings (SSSR count). The summed E-state index contributed by atoms with van der Waals surface area (Å²) >= 11 is 1.65. The van der Waals surface area contributed by atoms with Gasteiger partial charge in [0.2, 0.25) is 0 Å². The predicted molar refractivity (Wildman–Crippen MR) is 70.2 cm³/mol. The first kappa shape index (κ1) is 12.1. The largest absolute Gasteiger partial charge is 0.481 e. The van der Waals surface area contributed by atoms with E-state index in [1.807, 2.05) is 30.5 Å². The number of rotatable bonds is 4. The molecule has 0 fully saturated rings. The second-order valence-electron chi connectivity index (χ2n) is 4.29. The van der Waals surface area contributed by atoms with E-state index in [-0.39, 0.29) is 18.4 Å². The summed E-state index contributed by atoms with van der Waals surface area (Å²) in [6, 6.07) is 7.84. The van der Waals surface area contributed by atoms with E-state index in [1.54, 1.807) is 11.3 Å². The van der Waals surface area contributed by atoms with Gasteiger partial charge in [-0.05, 0) is 28.3 Å². The van der Waals surface area contributed by atoms with Gasteiger partial charge in [0.1, 0.15) is 0 Å². The van der Waals surface area contributed by atoms with Crippen LogP contribution in [0.4, 0.5) is 0 Å². The molecule has 0 bridgehead atoms. The predicted octanol–water partition coefficient (Wildman–Crippen LogP) is 3.01. The molecular formula is C13H15NO2S. The van der Waals surface area contributed by atoms with Crippen LogP contribution in [0.1, 0.15) is 24.9 Å². The van der Waals surface area contributed by atoms with E-state index in [1.165, 1.54) is 4.70 Å². The molecule has 2 atom stereocenters. The van der Waals surface area contributed by atoms with Crippen molar-refractivity contribution in [1.29, 1.82) is 0 Å². The molecule has 0 aliphatic heterocycles. The minimum atomic E-state index is -0.799. The van der Waals surface area contributed by atoms with E-state index in [0.717, 1.165) is 10.9 Å². The maximum Gasteiger partial charge on any atom is 0.303 e. The number of carbonyl (C=O) groups is 1. The van der Waals surface area contributed by atoms with Gasteiger partial charge in [-0.15, -0.1) is 11.3 Å². The lowest BCUT2D eigenvalue weighted by Crippen LogP contribution is -2.21. The van der Waals surface area contributed by atoms with Crippen molar-refractivity contribution in [2.24, 2.45) is 11.7 Å². The van der Waals surface area contributed by atoms with E-state index in [4.69, 9.17) is 10.8 Å². The molecule has 0 saturated carbocycles. The second-order valence-corrected chi connectivity index (χ2v) is 5.20. The average Bonchev–Trinajstić information content (AvgIpc) is 2.70. The second kappa shape index (κ2) is 4.85. The zero-order valence-electron chi connectivity index (χ0n) is 9.59. The van der Waals surface area contributed by atoms with E-state index < -0.39 is 5.97 Å². The normalized spacial score (nSPS) is 14.7. The average molecular weight is 249 g/mol. The smallest absolute Gasteiger partial charge is 0.303 e. The Kier molecular flexibility index (Phi) is 3.45. The molecule has 0 saturated heterocycles. The lowest BCUT2D eigenvalue weighted by Gasteiger charge is -2.17. The van der Waals surface area contributed by atoms with Gasteiger partial charge in [0, 0.05) is 17.2 Å². The number of carboxylic acids is 1. The fourth-order valence-corrected chi connectivity index (χ4v) is 2.97. The van der Waals surface area contributed by atoms with Crippen molar-refractivity contribution in [2.45, 2.75) is 19.4 Å². The van der Waals surface area contributed by atoms with Gasteiger partial charge in [-0.1, -0.05) is 25.1 Å². The number of benzene rings is 1. The van der Waals surface area contributed by atoms with Crippen LogP contribution in [-0.4, -0.2) is 11.1 Å². The van der Waals surface area contributed by atoms with E-state index >= 15 is 0 Å². The molecule has 17 heavy (non-hydrogen) atoms. The highest BCUT2D eigenvalue weighted by Crippen LogP contribution is 2.33. The molecule has 3 nitrogen and oxygen atoms in total. The van der Waals surface area contributed by atoms with Crippen molar-refractivity contribution in [1.82, 2.24) is 0 Å². The van der Waals surface area contributed by atoms with Gasteiger partial charge in [0.25, 0.3) is 0 Å². The summed E-state index contributed by atoms with van der Waals surface area (Å²) in [6.07, 6.45) is 0.103. The lowest BCUT2D eigenvalue weighted by atomic mass is 9.92. The molecular weight excluding hydrogens is 234 g/mol. The molecule has 0 aliphatic rings. The third kappa shape index (κ3) is 2.48. The maximum absolute atomic E-state index is 10.7. The van der Waals surface area contributed by atoms with Crippen molar-refractivity contribution < 1.29 is 9.90 Å². The van der Waals surface area contributed by atoms with Gasteiger partial charge < -0.3 is 10.8 Å². The summed E-state index contributed by atoms with van der Waals surface area (Å²) in [7, 11) is 0. The Balaban J connectivity index is 2.30. The topological polar surface area (TPSA) is 63.3 Å². The fraction of sp³-hybridized carbons (Fsp3) is 0.308. The quantitative estimate of drug-likeness (QED) is 0.875. The number of fused-ring (bicyclic) bond motifs is 1. The molecule has 3 N–H and O–H groups in total. The van der Waals surface area contributed by atoms with Crippen LogP contribution < -0.4 is 5.73 Å². The van der Waals surface area contributed by atoms with Crippen molar-refractivity contribution in [2.75, 3.05) is 0 Å². The van der Waals surface area contributed by atoms with Gasteiger partial charge in [0.05, 0.1) is 0 Å². The van der Waals surface area contributed by atoms with Gasteiger partial charge in [-0.25, -0.2) is 0 Å². The minimum Gasteiger partial charge on any atom is -0.481 e. The standard InChI is InChI=1S/C13H15NO2S/c1-8(6-12(15)16)13(14)10-7-17-11-5-3-2-4-9(10)11/h2-5,7-8,13H,6,14H2,1H3,(H,15,16). The Morgan fingerprint density at radius 2 is 2.18 bits per heavy atom. The third-order valence-corrected chi connectivity index (χ3v) is 3.96. The zero-order valence-corrected chi connectivity index (χ0v) is 10.4. The van der Waals surface area contributed by atoms with Gasteiger partial charge in [0.15, 0.2) is 0 Å². The number of carboxylic acid groups (broad SMARTS) is 1. The lowest BCUT2D eigenvalue weighted by molar-refractivity contribution is -0.138. The van der Waals surface area contributed by atoms with E-state index in [0.29, 0.717) is 0 Å². The molecule has 90 valence electrons. The van der Waals surface area contributed by atoms with E-state index in [9.17, 15) is 4.79 Å². The summed E-state index contributed by atoms with van der Waals surface area (Å²) in [4.78, 5) is 10.7. The van der Waals surface area contributed by atoms with Crippen molar-refractivity contribution >= 4 is 27.4 Å². The number of hydrogen-bond acceptors (Lipinski definition) is 3. The highest BCUT2D eigenvalue weighted by Gasteiger charge is 2.20. The Morgan fingerprint density at radius 3 is 2.88 bits per heavy atom. The third-order valence-electron chi connectivity index (χ3n) is 2.98. The number of thiophene rings is 1. The summed E-state index contributed by atoms with van der Waals surface area (Å²) in [5.41, 5.74) is 7.20. The number of aliphatic carboxylic acids is 1. The maximum atomic E-state index is 10.7. The van der Waals surface area contributed by atoms with Gasteiger partial charge in [-0.3, -0.25) is 4.79 Å². The molecule has 0 radical (unpaired) electrons. The summed E-state index contributed by atoms with van der Waals surface area (Å²) in [5, 5.41) is 12.0. The first-order chi connectivity index (χ1) is 8.09. The van der Waals surface area contributed by atoms with Crippen molar-refractivity contribution in [3.8, 4) is 0 Å². The Hall–Kier alpha value is -1.39. The van der Waals surface area contributed by atoms with Gasteiger partial charge >= 0.3 is 5.97 Å². The van der Waals surface area contributed by atoms with Crippen LogP contribution in [0.2, 0.25) is 0 Å². The van der Waals surface area contributed by atoms with Gasteiger partial charge in [-0.2, -0.15) is 0 Å². The van der Waals surface area contributed by atoms with Crippen molar-refractivity contribution in [3.63, 3.8) is 0 Å². The molecule has 1 heterocycles. The Labute approximate surface area is 104 Å². The van der Waals surface area contributed by atoms with E-state index in [2.05, 4.69) is 6.07 Å². The van der Waals surface area contributed by atoms with Crippen LogP contribution >= 0.6 is 11.3 Å².